The van der Waals surface area contributed by atoms with E-state index in [1.165, 1.54) is 0 Å². The van der Waals surface area contributed by atoms with Gasteiger partial charge in [0, 0.05) is 19.5 Å². The van der Waals surface area contributed by atoms with Crippen molar-refractivity contribution in [2.45, 2.75) is 38.7 Å². The minimum Gasteiger partial charge on any atom is -0.466 e. The van der Waals surface area contributed by atoms with Crippen LogP contribution in [0.5, 0.6) is 0 Å². The molecule has 0 aromatic carbocycles. The number of ether oxygens (including phenoxy) is 2. The zero-order valence-corrected chi connectivity index (χ0v) is 10.8. The summed E-state index contributed by atoms with van der Waals surface area (Å²) < 4.78 is 9.58. The van der Waals surface area contributed by atoms with E-state index in [9.17, 15) is 9.59 Å². The van der Waals surface area contributed by atoms with Crippen LogP contribution in [-0.2, 0) is 14.3 Å². The zero-order chi connectivity index (χ0) is 13.4. The summed E-state index contributed by atoms with van der Waals surface area (Å²) in [4.78, 5) is 23.7. The van der Waals surface area contributed by atoms with E-state index in [0.717, 1.165) is 38.9 Å². The number of hydrogen-bond acceptors (Lipinski definition) is 5. The summed E-state index contributed by atoms with van der Waals surface area (Å²) in [5.41, 5.74) is 0. The number of hydrogen-bond donors (Lipinski definition) is 1. The second kappa shape index (κ2) is 7.92. The van der Waals surface area contributed by atoms with Crippen LogP contribution in [0.25, 0.3) is 0 Å². The molecule has 104 valence electrons. The molecule has 0 bridgehead atoms. The van der Waals surface area contributed by atoms with Gasteiger partial charge in [-0.25, -0.2) is 4.79 Å². The van der Waals surface area contributed by atoms with E-state index in [1.54, 1.807) is 6.92 Å². The third-order valence-corrected chi connectivity index (χ3v) is 2.96. The number of nitrogens with zero attached hydrogens (tertiary/aromatic N) is 1. The summed E-state index contributed by atoms with van der Waals surface area (Å²) in [6, 6.07) is 0. The summed E-state index contributed by atoms with van der Waals surface area (Å²) in [5, 5.41) is 8.50. The van der Waals surface area contributed by atoms with E-state index < -0.39 is 6.16 Å². The molecule has 0 aromatic rings. The van der Waals surface area contributed by atoms with Gasteiger partial charge in [0.1, 0.15) is 6.10 Å². The average Bonchev–Trinajstić information content (AvgIpc) is 2.31. The van der Waals surface area contributed by atoms with Gasteiger partial charge in [0.2, 0.25) is 0 Å². The Morgan fingerprint density at radius 2 is 2.00 bits per heavy atom. The number of carboxylic acid groups (broad SMARTS) is 1. The van der Waals surface area contributed by atoms with Crippen molar-refractivity contribution in [1.29, 1.82) is 0 Å². The van der Waals surface area contributed by atoms with Gasteiger partial charge < -0.3 is 19.5 Å². The maximum atomic E-state index is 11.1. The van der Waals surface area contributed by atoms with Crippen LogP contribution in [0, 0.1) is 0 Å². The first-order valence-electron chi connectivity index (χ1n) is 6.39. The summed E-state index contributed by atoms with van der Waals surface area (Å²) in [5.74, 6) is -0.151. The van der Waals surface area contributed by atoms with Crippen LogP contribution >= 0.6 is 0 Å². The Bertz CT molecular complexity index is 274. The van der Waals surface area contributed by atoms with Crippen molar-refractivity contribution in [3.63, 3.8) is 0 Å². The predicted molar refractivity (Wildman–Crippen MR) is 64.4 cm³/mol. The molecule has 1 aliphatic heterocycles. The fraction of sp³-hybridized carbons (Fsp3) is 0.833. The van der Waals surface area contributed by atoms with E-state index in [-0.39, 0.29) is 12.1 Å². The molecule has 1 fully saturated rings. The SMILES string of the molecule is CCOC(=O)CCCN1CCC(OC(=O)O)CC1. The van der Waals surface area contributed by atoms with E-state index in [2.05, 4.69) is 4.90 Å². The smallest absolute Gasteiger partial charge is 0.466 e. The molecule has 0 aliphatic carbocycles. The highest BCUT2D eigenvalue weighted by molar-refractivity contribution is 5.69. The molecule has 6 heteroatoms. The maximum absolute atomic E-state index is 11.1. The Kier molecular flexibility index (Phi) is 6.49. The number of esters is 1. The molecule has 1 heterocycles. The monoisotopic (exact) mass is 259 g/mol. The molecule has 0 unspecified atom stereocenters. The van der Waals surface area contributed by atoms with Gasteiger partial charge in [-0.1, -0.05) is 0 Å². The van der Waals surface area contributed by atoms with Gasteiger partial charge in [0.05, 0.1) is 6.61 Å². The fourth-order valence-electron chi connectivity index (χ4n) is 2.07. The lowest BCUT2D eigenvalue weighted by Crippen LogP contribution is -2.38. The molecule has 0 saturated carbocycles. The molecule has 1 aliphatic rings. The fourth-order valence-corrected chi connectivity index (χ4v) is 2.07. The Hall–Kier alpha value is -1.30. The molecule has 0 amide bonds. The minimum absolute atomic E-state index is 0.151. The van der Waals surface area contributed by atoms with Crippen LogP contribution in [0.1, 0.15) is 32.6 Å². The van der Waals surface area contributed by atoms with Crippen LogP contribution in [-0.4, -0.2) is 54.5 Å². The normalized spacial score (nSPS) is 17.4. The molecule has 1 rings (SSSR count). The highest BCUT2D eigenvalue weighted by Gasteiger charge is 2.21. The van der Waals surface area contributed by atoms with Gasteiger partial charge in [-0.3, -0.25) is 4.79 Å². The van der Waals surface area contributed by atoms with Crippen molar-refractivity contribution in [2.24, 2.45) is 0 Å². The molecule has 0 aromatic heterocycles. The van der Waals surface area contributed by atoms with Crippen LogP contribution in [0.15, 0.2) is 0 Å². The molecule has 0 spiro atoms. The van der Waals surface area contributed by atoms with Gasteiger partial charge in [0.25, 0.3) is 0 Å². The molecule has 18 heavy (non-hydrogen) atoms. The third-order valence-electron chi connectivity index (χ3n) is 2.96. The van der Waals surface area contributed by atoms with Gasteiger partial charge in [0.15, 0.2) is 0 Å². The second-order valence-corrected chi connectivity index (χ2v) is 4.33. The number of piperidine rings is 1. The van der Waals surface area contributed by atoms with Gasteiger partial charge in [-0.2, -0.15) is 0 Å². The van der Waals surface area contributed by atoms with Crippen molar-refractivity contribution >= 4 is 12.1 Å². The molecule has 1 N–H and O–H groups in total. The van der Waals surface area contributed by atoms with Crippen LogP contribution in [0.4, 0.5) is 4.79 Å². The standard InChI is InChI=1S/C12H21NO5/c1-2-17-11(14)4-3-7-13-8-5-10(6-9-13)18-12(15)16/h10H,2-9H2,1H3,(H,15,16). The maximum Gasteiger partial charge on any atom is 0.506 e. The molecular formula is C12H21NO5. The Balaban J connectivity index is 2.08. The largest absolute Gasteiger partial charge is 0.506 e. The topological polar surface area (TPSA) is 76.1 Å². The number of carbonyl (C=O) groups is 2. The molecule has 0 radical (unpaired) electrons. The van der Waals surface area contributed by atoms with Crippen LogP contribution in [0.2, 0.25) is 0 Å². The molecule has 6 nitrogen and oxygen atoms in total. The van der Waals surface area contributed by atoms with Gasteiger partial charge >= 0.3 is 12.1 Å². The van der Waals surface area contributed by atoms with E-state index in [0.29, 0.717) is 13.0 Å². The zero-order valence-electron chi connectivity index (χ0n) is 10.8. The van der Waals surface area contributed by atoms with Crippen molar-refractivity contribution in [2.75, 3.05) is 26.2 Å². The van der Waals surface area contributed by atoms with Crippen LogP contribution in [0.3, 0.4) is 0 Å². The highest BCUT2D eigenvalue weighted by Crippen LogP contribution is 2.14. The van der Waals surface area contributed by atoms with Crippen molar-refractivity contribution in [3.8, 4) is 0 Å². The van der Waals surface area contributed by atoms with E-state index >= 15 is 0 Å². The highest BCUT2D eigenvalue weighted by atomic mass is 16.7. The Labute approximate surface area is 107 Å². The van der Waals surface area contributed by atoms with Gasteiger partial charge in [-0.05, 0) is 32.7 Å². The summed E-state index contributed by atoms with van der Waals surface area (Å²) in [6.07, 6.45) is 1.31. The van der Waals surface area contributed by atoms with Crippen molar-refractivity contribution in [3.05, 3.63) is 0 Å². The minimum atomic E-state index is -1.20. The van der Waals surface area contributed by atoms with E-state index in [4.69, 9.17) is 14.6 Å². The van der Waals surface area contributed by atoms with Gasteiger partial charge in [-0.15, -0.1) is 0 Å². The number of carbonyl (C=O) groups excluding carboxylic acids is 1. The summed E-state index contributed by atoms with van der Waals surface area (Å²) in [6.45, 7) is 4.71. The quantitative estimate of drug-likeness (QED) is 0.728. The predicted octanol–water partition coefficient (Wildman–Crippen LogP) is 1.49. The Morgan fingerprint density at radius 3 is 2.56 bits per heavy atom. The lowest BCUT2D eigenvalue weighted by Gasteiger charge is -2.30. The first kappa shape index (κ1) is 14.8. The Morgan fingerprint density at radius 1 is 1.33 bits per heavy atom. The number of likely N-dealkylation sites (tertiary alicyclic amines) is 1. The van der Waals surface area contributed by atoms with E-state index in [1.807, 2.05) is 0 Å². The third kappa shape index (κ3) is 5.86. The molecule has 1 saturated heterocycles. The number of rotatable bonds is 6. The first-order valence-corrected chi connectivity index (χ1v) is 6.39. The summed E-state index contributed by atoms with van der Waals surface area (Å²) in [7, 11) is 0. The van der Waals surface area contributed by atoms with Crippen LogP contribution < -0.4 is 0 Å². The summed E-state index contributed by atoms with van der Waals surface area (Å²) >= 11 is 0. The lowest BCUT2D eigenvalue weighted by atomic mass is 10.1. The molecule has 0 atom stereocenters. The lowest BCUT2D eigenvalue weighted by molar-refractivity contribution is -0.143. The van der Waals surface area contributed by atoms with Crippen molar-refractivity contribution < 1.29 is 24.2 Å². The first-order chi connectivity index (χ1) is 8.61. The van der Waals surface area contributed by atoms with Crippen molar-refractivity contribution in [1.82, 2.24) is 4.90 Å². The molecular weight excluding hydrogens is 238 g/mol. The second-order valence-electron chi connectivity index (χ2n) is 4.33. The average molecular weight is 259 g/mol.